The fourth-order valence-electron chi connectivity index (χ4n) is 3.03. The van der Waals surface area contributed by atoms with Crippen molar-refractivity contribution < 1.29 is 29.0 Å². The lowest BCUT2D eigenvalue weighted by atomic mass is 10.0. The molecule has 2 aliphatic rings. The average molecular weight is 405 g/mol. The van der Waals surface area contributed by atoms with Crippen LogP contribution in [0.4, 0.5) is 5.69 Å². The van der Waals surface area contributed by atoms with Crippen molar-refractivity contribution in [1.29, 1.82) is 0 Å². The molecule has 2 aliphatic heterocycles. The number of anilines is 1. The highest BCUT2D eigenvalue weighted by Gasteiger charge is 2.54. The summed E-state index contributed by atoms with van der Waals surface area (Å²) in [6.45, 7) is 1.04. The molecule has 9 nitrogen and oxygen atoms in total. The number of carbonyl (C=O) groups is 4. The minimum absolute atomic E-state index is 0.0841. The molecule has 148 valence electrons. The zero-order valence-corrected chi connectivity index (χ0v) is 15.8. The first-order chi connectivity index (χ1) is 13.3. The number of carbonyl (C=O) groups excluding carboxylic acids is 3. The number of ether oxygens (including phenoxy) is 1. The van der Waals surface area contributed by atoms with E-state index in [-0.39, 0.29) is 30.4 Å². The van der Waals surface area contributed by atoms with Crippen molar-refractivity contribution >= 4 is 41.2 Å². The van der Waals surface area contributed by atoms with Crippen LogP contribution in [-0.4, -0.2) is 57.5 Å². The van der Waals surface area contributed by atoms with Crippen molar-refractivity contribution in [2.45, 2.75) is 24.8 Å². The molecule has 0 aliphatic carbocycles. The van der Waals surface area contributed by atoms with E-state index in [1.54, 1.807) is 24.3 Å². The number of hydrogen-bond acceptors (Lipinski definition) is 7. The number of amides is 2. The fraction of sp³-hybridized carbons (Fsp3) is 0.333. The van der Waals surface area contributed by atoms with Gasteiger partial charge in [-0.15, -0.1) is 11.8 Å². The third-order valence-corrected chi connectivity index (χ3v) is 5.70. The van der Waals surface area contributed by atoms with Gasteiger partial charge in [-0.3, -0.25) is 19.3 Å². The largest absolute Gasteiger partial charge is 0.477 e. The molecular formula is C18H19N3O6S. The second-order valence-electron chi connectivity index (χ2n) is 6.41. The highest BCUT2D eigenvalue weighted by Crippen LogP contribution is 2.40. The number of thioether (sulfide) groups is 1. The Bertz CT molecular complexity index is 867. The highest BCUT2D eigenvalue weighted by atomic mass is 32.2. The summed E-state index contributed by atoms with van der Waals surface area (Å²) in [6.07, 6.45) is 0.0841. The molecule has 2 amide bonds. The first-order valence-corrected chi connectivity index (χ1v) is 9.50. The number of nitrogens with zero attached hydrogens (tertiary/aromatic N) is 1. The molecule has 0 aromatic heterocycles. The van der Waals surface area contributed by atoms with E-state index in [0.29, 0.717) is 11.3 Å². The smallest absolute Gasteiger partial charge is 0.352 e. The molecule has 0 unspecified atom stereocenters. The number of nitrogens with two attached hydrogens (primary N) is 1. The minimum atomic E-state index is -1.27. The maximum Gasteiger partial charge on any atom is 0.352 e. The molecule has 2 heterocycles. The van der Waals surface area contributed by atoms with Crippen LogP contribution >= 0.6 is 11.8 Å². The van der Waals surface area contributed by atoms with Crippen molar-refractivity contribution in [1.82, 2.24) is 10.2 Å². The van der Waals surface area contributed by atoms with Gasteiger partial charge in [0.15, 0.2) is 0 Å². The van der Waals surface area contributed by atoms with E-state index in [4.69, 9.17) is 10.5 Å². The Morgan fingerprint density at radius 1 is 1.32 bits per heavy atom. The average Bonchev–Trinajstić information content (AvgIpc) is 2.65. The van der Waals surface area contributed by atoms with Crippen LogP contribution in [0, 0.1) is 0 Å². The molecule has 28 heavy (non-hydrogen) atoms. The minimum Gasteiger partial charge on any atom is -0.477 e. The number of aliphatic carboxylic acids is 1. The van der Waals surface area contributed by atoms with Gasteiger partial charge >= 0.3 is 11.9 Å². The van der Waals surface area contributed by atoms with Crippen LogP contribution < -0.4 is 11.1 Å². The van der Waals surface area contributed by atoms with Crippen LogP contribution in [0.5, 0.6) is 0 Å². The van der Waals surface area contributed by atoms with Crippen molar-refractivity contribution in [3.63, 3.8) is 0 Å². The Morgan fingerprint density at radius 3 is 2.61 bits per heavy atom. The number of fused-ring (bicyclic) bond motifs is 1. The Labute approximate surface area is 164 Å². The van der Waals surface area contributed by atoms with Crippen LogP contribution in [0.25, 0.3) is 0 Å². The fourth-order valence-corrected chi connectivity index (χ4v) is 4.36. The van der Waals surface area contributed by atoms with Gasteiger partial charge in [0.05, 0.1) is 6.42 Å². The Kier molecular flexibility index (Phi) is 5.59. The number of nitrogen functional groups attached to an aromatic ring is 1. The first kappa shape index (κ1) is 19.7. The molecule has 3 rings (SSSR count). The lowest BCUT2D eigenvalue weighted by Gasteiger charge is -2.49. The molecule has 0 spiro atoms. The van der Waals surface area contributed by atoms with Gasteiger partial charge in [0.2, 0.25) is 5.91 Å². The number of rotatable bonds is 6. The zero-order chi connectivity index (χ0) is 20.4. The topological polar surface area (TPSA) is 139 Å². The molecule has 2 atom stereocenters. The molecular weight excluding hydrogens is 386 g/mol. The Balaban J connectivity index is 1.67. The number of hydrogen-bond donors (Lipinski definition) is 3. The molecule has 1 aromatic carbocycles. The van der Waals surface area contributed by atoms with E-state index in [0.717, 1.165) is 10.5 Å². The molecule has 1 saturated heterocycles. The summed E-state index contributed by atoms with van der Waals surface area (Å²) < 4.78 is 4.88. The van der Waals surface area contributed by atoms with Crippen LogP contribution in [0.15, 0.2) is 35.5 Å². The second kappa shape index (κ2) is 7.93. The molecule has 0 saturated carbocycles. The number of nitrogens with one attached hydrogen (secondary N) is 1. The standard InChI is InChI=1S/C18H19N3O6S/c1-9(22)27-7-11-8-28-17-14(16(24)21(17)15(11)18(25)26)20-13(23)6-10-2-4-12(19)5-3-10/h2-5,14,17H,6-8,19H2,1H3,(H,20,23)(H,25,26)/t14-,17-/m1/s1. The van der Waals surface area contributed by atoms with Gasteiger partial charge in [-0.2, -0.15) is 0 Å². The molecule has 0 bridgehead atoms. The van der Waals surface area contributed by atoms with Crippen molar-refractivity contribution in [2.75, 3.05) is 18.1 Å². The van der Waals surface area contributed by atoms with Gasteiger partial charge in [0.25, 0.3) is 5.91 Å². The number of β-lactam (4-membered cyclic amide) rings is 1. The van der Waals surface area contributed by atoms with Crippen molar-refractivity contribution in [3.8, 4) is 0 Å². The molecule has 1 aromatic rings. The van der Waals surface area contributed by atoms with Crippen LogP contribution in [0.1, 0.15) is 12.5 Å². The molecule has 10 heteroatoms. The first-order valence-electron chi connectivity index (χ1n) is 8.45. The van der Waals surface area contributed by atoms with Gasteiger partial charge in [-0.1, -0.05) is 12.1 Å². The summed E-state index contributed by atoms with van der Waals surface area (Å²) in [6, 6.07) is 6.03. The predicted octanol–water partition coefficient (Wildman–Crippen LogP) is 0.113. The summed E-state index contributed by atoms with van der Waals surface area (Å²) in [7, 11) is 0. The van der Waals surface area contributed by atoms with E-state index in [1.165, 1.54) is 18.7 Å². The number of carboxylic acids is 1. The van der Waals surface area contributed by atoms with Crippen molar-refractivity contribution in [3.05, 3.63) is 41.1 Å². The summed E-state index contributed by atoms with van der Waals surface area (Å²) >= 11 is 1.32. The van der Waals surface area contributed by atoms with Gasteiger partial charge in [-0.25, -0.2) is 4.79 Å². The number of carboxylic acid groups (broad SMARTS) is 1. The lowest BCUT2D eigenvalue weighted by Crippen LogP contribution is -2.70. The molecule has 0 radical (unpaired) electrons. The zero-order valence-electron chi connectivity index (χ0n) is 15.0. The second-order valence-corrected chi connectivity index (χ2v) is 7.52. The summed E-state index contributed by atoms with van der Waals surface area (Å²) in [5.74, 6) is -2.36. The SMILES string of the molecule is CC(=O)OCC1=C(C(=O)O)N2C(=O)[C@@H](NC(=O)Cc3ccc(N)cc3)[C@H]2SC1. The maximum atomic E-state index is 12.5. The summed E-state index contributed by atoms with van der Waals surface area (Å²) in [5.41, 5.74) is 7.12. The highest BCUT2D eigenvalue weighted by molar-refractivity contribution is 8.00. The maximum absolute atomic E-state index is 12.5. The monoisotopic (exact) mass is 405 g/mol. The van der Waals surface area contributed by atoms with Crippen molar-refractivity contribution in [2.24, 2.45) is 0 Å². The quantitative estimate of drug-likeness (QED) is 0.344. The van der Waals surface area contributed by atoms with E-state index < -0.39 is 29.3 Å². The number of benzene rings is 1. The number of esters is 1. The van der Waals surface area contributed by atoms with E-state index in [1.807, 2.05) is 0 Å². The summed E-state index contributed by atoms with van der Waals surface area (Å²) in [4.78, 5) is 48.6. The lowest BCUT2D eigenvalue weighted by molar-refractivity contribution is -0.151. The van der Waals surface area contributed by atoms with E-state index in [9.17, 15) is 24.3 Å². The predicted molar refractivity (Wildman–Crippen MR) is 101 cm³/mol. The van der Waals surface area contributed by atoms with E-state index in [2.05, 4.69) is 5.32 Å². The van der Waals surface area contributed by atoms with Gasteiger partial charge < -0.3 is 20.9 Å². The third kappa shape index (κ3) is 3.96. The van der Waals surface area contributed by atoms with Crippen LogP contribution in [-0.2, 0) is 30.3 Å². The Morgan fingerprint density at radius 2 is 2.00 bits per heavy atom. The summed E-state index contributed by atoms with van der Waals surface area (Å²) in [5, 5.41) is 11.7. The van der Waals surface area contributed by atoms with Gasteiger partial charge in [0.1, 0.15) is 23.7 Å². The van der Waals surface area contributed by atoms with Crippen LogP contribution in [0.2, 0.25) is 0 Å². The van der Waals surface area contributed by atoms with Gasteiger partial charge in [0, 0.05) is 23.9 Å². The normalized spacial score (nSPS) is 20.9. The van der Waals surface area contributed by atoms with Crippen LogP contribution in [0.3, 0.4) is 0 Å². The van der Waals surface area contributed by atoms with Gasteiger partial charge in [-0.05, 0) is 17.7 Å². The molecule has 1 fully saturated rings. The third-order valence-electron chi connectivity index (χ3n) is 4.36. The van der Waals surface area contributed by atoms with E-state index >= 15 is 0 Å². The molecule has 4 N–H and O–H groups in total. The Hall–Kier alpha value is -3.01.